The van der Waals surface area contributed by atoms with E-state index in [1.807, 2.05) is 0 Å². The van der Waals surface area contributed by atoms with Gasteiger partial charge in [0.2, 0.25) is 10.0 Å². The molecule has 0 heterocycles. The van der Waals surface area contributed by atoms with E-state index in [0.29, 0.717) is 18.9 Å². The number of rotatable bonds is 10. The van der Waals surface area contributed by atoms with Crippen LogP contribution in [0, 0.1) is 0 Å². The zero-order valence-corrected chi connectivity index (χ0v) is 12.6. The van der Waals surface area contributed by atoms with Gasteiger partial charge in [0.05, 0.1) is 5.75 Å². The summed E-state index contributed by atoms with van der Waals surface area (Å²) in [5.74, 6) is -0.140. The predicted octanol–water partition coefficient (Wildman–Crippen LogP) is 1.67. The molecule has 0 saturated heterocycles. The van der Waals surface area contributed by atoms with E-state index in [0.717, 1.165) is 6.42 Å². The molecule has 0 amide bonds. The smallest absolute Gasteiger partial charge is 0.377 e. The summed E-state index contributed by atoms with van der Waals surface area (Å²) in [7, 11) is -1.60. The van der Waals surface area contributed by atoms with Crippen molar-refractivity contribution in [1.29, 1.82) is 0 Å². The van der Waals surface area contributed by atoms with E-state index in [9.17, 15) is 8.42 Å². The van der Waals surface area contributed by atoms with E-state index in [1.165, 1.54) is 21.3 Å². The molecule has 0 spiro atoms. The molecule has 0 N–H and O–H groups in total. The minimum Gasteiger partial charge on any atom is -0.377 e. The van der Waals surface area contributed by atoms with Gasteiger partial charge in [-0.2, -0.15) is 0 Å². The average molecular weight is 297 g/mol. The summed E-state index contributed by atoms with van der Waals surface area (Å²) >= 11 is 0. The molecule has 0 rings (SSSR count). The number of sulfonamides is 1. The van der Waals surface area contributed by atoms with Crippen molar-refractivity contribution in [3.8, 4) is 0 Å². The highest BCUT2D eigenvalue weighted by atomic mass is 32.2. The Bertz CT molecular complexity index is 370. The first-order chi connectivity index (χ1) is 8.45. The van der Waals surface area contributed by atoms with Crippen molar-refractivity contribution < 1.29 is 21.7 Å². The lowest BCUT2D eigenvalue weighted by molar-refractivity contribution is 0.123. The largest absolute Gasteiger partial charge is 0.500 e. The Morgan fingerprint density at radius 3 is 2.11 bits per heavy atom. The minimum absolute atomic E-state index is 0.140. The van der Waals surface area contributed by atoms with Crippen LogP contribution < -0.4 is 0 Å². The first-order valence-electron chi connectivity index (χ1n) is 5.40. The lowest BCUT2D eigenvalue weighted by Crippen LogP contribution is -2.42. The van der Waals surface area contributed by atoms with E-state index in [-0.39, 0.29) is 5.75 Å². The fourth-order valence-corrected chi connectivity index (χ4v) is 4.01. The van der Waals surface area contributed by atoms with E-state index < -0.39 is 18.8 Å². The summed E-state index contributed by atoms with van der Waals surface area (Å²) in [5, 5.41) is 0. The Morgan fingerprint density at radius 2 is 1.67 bits per heavy atom. The van der Waals surface area contributed by atoms with Crippen LogP contribution in [0.25, 0.3) is 10.4 Å². The van der Waals surface area contributed by atoms with Crippen LogP contribution in [-0.4, -0.2) is 44.3 Å². The highest BCUT2D eigenvalue weighted by Crippen LogP contribution is 2.17. The van der Waals surface area contributed by atoms with Crippen molar-refractivity contribution in [2.45, 2.75) is 25.3 Å². The van der Waals surface area contributed by atoms with Crippen molar-refractivity contribution in [3.05, 3.63) is 10.4 Å². The van der Waals surface area contributed by atoms with Crippen LogP contribution in [0.15, 0.2) is 4.52 Å². The van der Waals surface area contributed by atoms with Crippen LogP contribution in [-0.2, 0) is 23.3 Å². The second kappa shape index (κ2) is 8.46. The molecule has 0 atom stereocenters. The second-order valence-electron chi connectivity index (χ2n) is 3.56. The van der Waals surface area contributed by atoms with Crippen molar-refractivity contribution >= 4 is 18.8 Å². The van der Waals surface area contributed by atoms with Gasteiger partial charge >= 0.3 is 8.80 Å². The molecule has 0 fully saturated rings. The van der Waals surface area contributed by atoms with Crippen molar-refractivity contribution in [2.75, 3.05) is 27.1 Å². The highest BCUT2D eigenvalue weighted by molar-refractivity contribution is 7.89. The molecule has 0 aromatic carbocycles. The minimum atomic E-state index is -3.64. The Morgan fingerprint density at radius 1 is 1.11 bits per heavy atom. The number of azide groups is 1. The van der Waals surface area contributed by atoms with Crippen LogP contribution in [0.3, 0.4) is 0 Å². The second-order valence-corrected chi connectivity index (χ2v) is 8.39. The SMILES string of the molecule is CO[Si](CCCCCS(=O)(=O)N=[N+]=[N-])(OC)OC. The monoisotopic (exact) mass is 297 g/mol. The highest BCUT2D eigenvalue weighted by Gasteiger charge is 2.36. The summed E-state index contributed by atoms with van der Waals surface area (Å²) in [6, 6.07) is 0.623. The first kappa shape index (κ1) is 17.4. The van der Waals surface area contributed by atoms with Gasteiger partial charge in [-0.15, -0.1) is 0 Å². The number of hydrogen-bond donors (Lipinski definition) is 0. The van der Waals surface area contributed by atoms with E-state index in [4.69, 9.17) is 18.8 Å². The maximum absolute atomic E-state index is 11.1. The molecular weight excluding hydrogens is 278 g/mol. The molecule has 0 aliphatic rings. The summed E-state index contributed by atoms with van der Waals surface area (Å²) in [6.45, 7) is 0. The van der Waals surface area contributed by atoms with Crippen LogP contribution in [0.5, 0.6) is 0 Å². The van der Waals surface area contributed by atoms with Gasteiger partial charge < -0.3 is 13.3 Å². The zero-order chi connectivity index (χ0) is 14.1. The molecule has 0 aliphatic heterocycles. The molecule has 106 valence electrons. The van der Waals surface area contributed by atoms with Gasteiger partial charge in [-0.05, 0) is 18.4 Å². The molecule has 18 heavy (non-hydrogen) atoms. The molecule has 0 unspecified atom stereocenters. The normalized spacial score (nSPS) is 12.2. The van der Waals surface area contributed by atoms with Gasteiger partial charge in [-0.3, -0.25) is 0 Å². The summed E-state index contributed by atoms with van der Waals surface area (Å²) < 4.78 is 40.6. The summed E-state index contributed by atoms with van der Waals surface area (Å²) in [5.41, 5.74) is 8.04. The van der Waals surface area contributed by atoms with Gasteiger partial charge in [-0.1, -0.05) is 6.42 Å². The maximum atomic E-state index is 11.1. The fraction of sp³-hybridized carbons (Fsp3) is 1.00. The third kappa shape index (κ3) is 6.33. The van der Waals surface area contributed by atoms with E-state index in [1.54, 1.807) is 0 Å². The Labute approximate surface area is 108 Å². The molecule has 10 heteroatoms. The van der Waals surface area contributed by atoms with Gasteiger partial charge in [0.15, 0.2) is 0 Å². The summed E-state index contributed by atoms with van der Waals surface area (Å²) in [6.07, 6.45) is 1.83. The van der Waals surface area contributed by atoms with E-state index in [2.05, 4.69) is 9.43 Å². The Hall–Kier alpha value is -0.643. The number of nitrogens with zero attached hydrogens (tertiary/aromatic N) is 3. The maximum Gasteiger partial charge on any atom is 0.500 e. The number of hydrogen-bond acceptors (Lipinski definition) is 5. The third-order valence-corrected chi connectivity index (χ3v) is 6.44. The first-order valence-corrected chi connectivity index (χ1v) is 8.94. The quantitative estimate of drug-likeness (QED) is 0.200. The molecule has 0 aliphatic carbocycles. The topological polar surface area (TPSA) is 111 Å². The molecule has 0 saturated carbocycles. The standard InChI is InChI=1S/C8H19N3O5SSi/c1-14-18(15-2,16-3)8-6-4-5-7-17(12,13)11-10-9/h4-8H2,1-3H3. The van der Waals surface area contributed by atoms with Crippen molar-refractivity contribution in [3.63, 3.8) is 0 Å². The van der Waals surface area contributed by atoms with E-state index >= 15 is 0 Å². The molecule has 0 aromatic rings. The molecule has 8 nitrogen and oxygen atoms in total. The van der Waals surface area contributed by atoms with Gasteiger partial charge in [-0.25, -0.2) is 8.42 Å². The third-order valence-electron chi connectivity index (χ3n) is 2.48. The van der Waals surface area contributed by atoms with Crippen molar-refractivity contribution in [2.24, 2.45) is 4.52 Å². The Kier molecular flexibility index (Phi) is 8.16. The van der Waals surface area contributed by atoms with Crippen LogP contribution in [0.2, 0.25) is 6.04 Å². The molecular formula is C8H19N3O5SSi. The zero-order valence-electron chi connectivity index (χ0n) is 10.8. The molecule has 0 bridgehead atoms. The van der Waals surface area contributed by atoms with Gasteiger partial charge in [0.1, 0.15) is 0 Å². The van der Waals surface area contributed by atoms with Crippen molar-refractivity contribution in [1.82, 2.24) is 0 Å². The fourth-order valence-electron chi connectivity index (χ4n) is 1.46. The molecule has 0 radical (unpaired) electrons. The number of unbranched alkanes of at least 4 members (excludes halogenated alkanes) is 2. The van der Waals surface area contributed by atoms with Crippen LogP contribution in [0.4, 0.5) is 0 Å². The molecule has 0 aromatic heterocycles. The van der Waals surface area contributed by atoms with Crippen LogP contribution >= 0.6 is 0 Å². The lowest BCUT2D eigenvalue weighted by Gasteiger charge is -2.24. The van der Waals surface area contributed by atoms with Gasteiger partial charge in [0, 0.05) is 36.8 Å². The lowest BCUT2D eigenvalue weighted by atomic mass is 10.3. The van der Waals surface area contributed by atoms with Gasteiger partial charge in [0.25, 0.3) is 0 Å². The summed E-state index contributed by atoms with van der Waals surface area (Å²) in [4.78, 5) is 2.27. The van der Waals surface area contributed by atoms with Crippen LogP contribution in [0.1, 0.15) is 19.3 Å². The predicted molar refractivity (Wildman–Crippen MR) is 68.4 cm³/mol. The Balaban J connectivity index is 3.97. The average Bonchev–Trinajstić information content (AvgIpc) is 2.34.